The summed E-state index contributed by atoms with van der Waals surface area (Å²) in [5.41, 5.74) is 1.13. The lowest BCUT2D eigenvalue weighted by atomic mass is 10.2. The van der Waals surface area contributed by atoms with Crippen molar-refractivity contribution in [1.29, 1.82) is 0 Å². The zero-order valence-corrected chi connectivity index (χ0v) is 10.2. The van der Waals surface area contributed by atoms with Gasteiger partial charge in [0.25, 0.3) is 0 Å². The Morgan fingerprint density at radius 3 is 3.00 bits per heavy atom. The van der Waals surface area contributed by atoms with Crippen LogP contribution in [0.25, 0.3) is 0 Å². The Labute approximate surface area is 97.9 Å². The fourth-order valence-corrected chi connectivity index (χ4v) is 1.61. The Balaban J connectivity index is 2.28. The third kappa shape index (κ3) is 4.95. The number of rotatable bonds is 5. The number of hydrogen-bond donors (Lipinski definition) is 1. The zero-order valence-electron chi connectivity index (χ0n) is 8.63. The van der Waals surface area contributed by atoms with E-state index in [1.807, 2.05) is 24.3 Å². The summed E-state index contributed by atoms with van der Waals surface area (Å²) in [6.07, 6.45) is 0. The van der Waals surface area contributed by atoms with Gasteiger partial charge in [0.1, 0.15) is 0 Å². The number of esters is 1. The number of carbonyl (C=O) groups excluding carboxylic acids is 1. The average molecular weight is 272 g/mol. The summed E-state index contributed by atoms with van der Waals surface area (Å²) in [7, 11) is 0. The van der Waals surface area contributed by atoms with Crippen molar-refractivity contribution < 1.29 is 9.53 Å². The lowest BCUT2D eigenvalue weighted by Gasteiger charge is -2.04. The SMILES string of the molecule is CCOC(=O)CNCc1cccc(Br)c1. The molecule has 15 heavy (non-hydrogen) atoms. The van der Waals surface area contributed by atoms with E-state index in [2.05, 4.69) is 21.2 Å². The maximum atomic E-state index is 11.0. The van der Waals surface area contributed by atoms with E-state index < -0.39 is 0 Å². The molecule has 0 radical (unpaired) electrons. The van der Waals surface area contributed by atoms with E-state index >= 15 is 0 Å². The van der Waals surface area contributed by atoms with Crippen molar-refractivity contribution in [1.82, 2.24) is 5.32 Å². The molecule has 0 aliphatic rings. The standard InChI is InChI=1S/C11H14BrNO2/c1-2-15-11(14)8-13-7-9-4-3-5-10(12)6-9/h3-6,13H,2,7-8H2,1H3. The average Bonchev–Trinajstić information content (AvgIpc) is 2.18. The first-order chi connectivity index (χ1) is 7.22. The number of hydrogen-bond acceptors (Lipinski definition) is 3. The molecule has 1 N–H and O–H groups in total. The van der Waals surface area contributed by atoms with Gasteiger partial charge in [-0.1, -0.05) is 28.1 Å². The Hall–Kier alpha value is -0.870. The molecule has 0 unspecified atom stereocenters. The van der Waals surface area contributed by atoms with E-state index in [4.69, 9.17) is 4.74 Å². The second-order valence-corrected chi connectivity index (χ2v) is 3.95. The van der Waals surface area contributed by atoms with Crippen molar-refractivity contribution in [3.05, 3.63) is 34.3 Å². The molecule has 0 atom stereocenters. The van der Waals surface area contributed by atoms with Gasteiger partial charge in [-0.15, -0.1) is 0 Å². The molecule has 4 heteroatoms. The van der Waals surface area contributed by atoms with Crippen molar-refractivity contribution in [3.63, 3.8) is 0 Å². The van der Waals surface area contributed by atoms with Crippen molar-refractivity contribution in [2.24, 2.45) is 0 Å². The van der Waals surface area contributed by atoms with E-state index in [0.29, 0.717) is 13.2 Å². The first-order valence-corrected chi connectivity index (χ1v) is 5.62. The Kier molecular flexibility index (Phi) is 5.36. The summed E-state index contributed by atoms with van der Waals surface area (Å²) < 4.78 is 5.83. The van der Waals surface area contributed by atoms with Crippen LogP contribution >= 0.6 is 15.9 Å². The van der Waals surface area contributed by atoms with Crippen LogP contribution in [-0.4, -0.2) is 19.1 Å². The van der Waals surface area contributed by atoms with E-state index in [0.717, 1.165) is 10.0 Å². The summed E-state index contributed by atoms with van der Waals surface area (Å²) in [5.74, 6) is -0.215. The molecule has 82 valence electrons. The van der Waals surface area contributed by atoms with Crippen LogP contribution in [0.5, 0.6) is 0 Å². The normalized spacial score (nSPS) is 10.0. The molecule has 1 aromatic rings. The van der Waals surface area contributed by atoms with E-state index in [-0.39, 0.29) is 12.5 Å². The van der Waals surface area contributed by atoms with Crippen molar-refractivity contribution >= 4 is 21.9 Å². The van der Waals surface area contributed by atoms with Gasteiger partial charge in [-0.25, -0.2) is 0 Å². The lowest BCUT2D eigenvalue weighted by molar-refractivity contribution is -0.142. The van der Waals surface area contributed by atoms with Crippen LogP contribution in [0.3, 0.4) is 0 Å². The predicted molar refractivity (Wildman–Crippen MR) is 62.5 cm³/mol. The van der Waals surface area contributed by atoms with Gasteiger partial charge in [-0.05, 0) is 24.6 Å². The number of carbonyl (C=O) groups is 1. The van der Waals surface area contributed by atoms with Crippen LogP contribution in [0.2, 0.25) is 0 Å². The summed E-state index contributed by atoms with van der Waals surface area (Å²) in [5, 5.41) is 3.02. The highest BCUT2D eigenvalue weighted by Gasteiger charge is 2.00. The molecule has 3 nitrogen and oxygen atoms in total. The summed E-state index contributed by atoms with van der Waals surface area (Å²) >= 11 is 3.39. The number of benzene rings is 1. The predicted octanol–water partition coefficient (Wildman–Crippen LogP) is 2.10. The molecule has 0 bridgehead atoms. The molecular weight excluding hydrogens is 258 g/mol. The topological polar surface area (TPSA) is 38.3 Å². The molecule has 0 aromatic heterocycles. The Bertz CT molecular complexity index is 328. The molecule has 0 spiro atoms. The van der Waals surface area contributed by atoms with Crippen LogP contribution in [0.15, 0.2) is 28.7 Å². The molecule has 0 heterocycles. The van der Waals surface area contributed by atoms with Gasteiger partial charge in [-0.2, -0.15) is 0 Å². The smallest absolute Gasteiger partial charge is 0.319 e. The molecule has 0 saturated carbocycles. The van der Waals surface area contributed by atoms with Gasteiger partial charge >= 0.3 is 5.97 Å². The lowest BCUT2D eigenvalue weighted by Crippen LogP contribution is -2.24. The Morgan fingerprint density at radius 2 is 2.33 bits per heavy atom. The van der Waals surface area contributed by atoms with E-state index in [9.17, 15) is 4.79 Å². The summed E-state index contributed by atoms with van der Waals surface area (Å²) in [4.78, 5) is 11.0. The summed E-state index contributed by atoms with van der Waals surface area (Å²) in [6.45, 7) is 3.14. The number of ether oxygens (including phenoxy) is 1. The van der Waals surface area contributed by atoms with Crippen LogP contribution in [0.1, 0.15) is 12.5 Å². The highest BCUT2D eigenvalue weighted by Crippen LogP contribution is 2.11. The maximum absolute atomic E-state index is 11.0. The summed E-state index contributed by atoms with van der Waals surface area (Å²) in [6, 6.07) is 7.95. The quantitative estimate of drug-likeness (QED) is 0.834. The van der Waals surface area contributed by atoms with Crippen molar-refractivity contribution in [2.45, 2.75) is 13.5 Å². The van der Waals surface area contributed by atoms with Gasteiger partial charge in [-0.3, -0.25) is 4.79 Å². The van der Waals surface area contributed by atoms with Gasteiger partial charge in [0.2, 0.25) is 0 Å². The monoisotopic (exact) mass is 271 g/mol. The van der Waals surface area contributed by atoms with Gasteiger partial charge in [0.15, 0.2) is 0 Å². The third-order valence-corrected chi connectivity index (χ3v) is 2.29. The second kappa shape index (κ2) is 6.58. The number of halogens is 1. The first kappa shape index (κ1) is 12.2. The Morgan fingerprint density at radius 1 is 1.53 bits per heavy atom. The molecule has 0 fully saturated rings. The van der Waals surface area contributed by atoms with Crippen molar-refractivity contribution in [2.75, 3.05) is 13.2 Å². The number of nitrogens with one attached hydrogen (secondary N) is 1. The molecule has 0 saturated heterocycles. The molecule has 0 aliphatic heterocycles. The maximum Gasteiger partial charge on any atom is 0.319 e. The highest BCUT2D eigenvalue weighted by molar-refractivity contribution is 9.10. The highest BCUT2D eigenvalue weighted by atomic mass is 79.9. The minimum absolute atomic E-state index is 0.215. The van der Waals surface area contributed by atoms with Gasteiger partial charge in [0, 0.05) is 11.0 Å². The minimum atomic E-state index is -0.215. The van der Waals surface area contributed by atoms with Gasteiger partial charge < -0.3 is 10.1 Å². The largest absolute Gasteiger partial charge is 0.465 e. The minimum Gasteiger partial charge on any atom is -0.465 e. The fourth-order valence-electron chi connectivity index (χ4n) is 1.17. The molecule has 1 aromatic carbocycles. The first-order valence-electron chi connectivity index (χ1n) is 4.83. The van der Waals surface area contributed by atoms with Crippen LogP contribution in [0, 0.1) is 0 Å². The van der Waals surface area contributed by atoms with Crippen molar-refractivity contribution in [3.8, 4) is 0 Å². The molecule has 0 amide bonds. The second-order valence-electron chi connectivity index (χ2n) is 3.04. The van der Waals surface area contributed by atoms with E-state index in [1.165, 1.54) is 0 Å². The molecular formula is C11H14BrNO2. The van der Waals surface area contributed by atoms with Crippen LogP contribution in [0.4, 0.5) is 0 Å². The van der Waals surface area contributed by atoms with E-state index in [1.54, 1.807) is 6.92 Å². The van der Waals surface area contributed by atoms with Crippen LogP contribution in [-0.2, 0) is 16.1 Å². The fraction of sp³-hybridized carbons (Fsp3) is 0.364. The molecule has 1 rings (SSSR count). The van der Waals surface area contributed by atoms with Crippen LogP contribution < -0.4 is 5.32 Å². The molecule has 0 aliphatic carbocycles. The van der Waals surface area contributed by atoms with Gasteiger partial charge in [0.05, 0.1) is 13.2 Å². The third-order valence-electron chi connectivity index (χ3n) is 1.79. The zero-order chi connectivity index (χ0) is 11.1.